The van der Waals surface area contributed by atoms with Gasteiger partial charge in [0.05, 0.1) is 6.54 Å². The van der Waals surface area contributed by atoms with Crippen LogP contribution in [0.4, 0.5) is 0 Å². The molecule has 0 radical (unpaired) electrons. The molecular weight excluding hydrogens is 286 g/mol. The van der Waals surface area contributed by atoms with Crippen LogP contribution in [0.3, 0.4) is 0 Å². The van der Waals surface area contributed by atoms with Gasteiger partial charge in [0.1, 0.15) is 0 Å². The van der Waals surface area contributed by atoms with Gasteiger partial charge in [-0.05, 0) is 49.3 Å². The van der Waals surface area contributed by atoms with E-state index >= 15 is 0 Å². The number of allylic oxidation sites excluding steroid dienone is 2. The summed E-state index contributed by atoms with van der Waals surface area (Å²) in [5.41, 5.74) is 3.64. The summed E-state index contributed by atoms with van der Waals surface area (Å²) in [6.07, 6.45) is 9.44. The van der Waals surface area contributed by atoms with Crippen LogP contribution >= 0.6 is 0 Å². The highest BCUT2D eigenvalue weighted by atomic mass is 16.4. The largest absolute Gasteiger partial charge is 0.478 e. The molecule has 0 unspecified atom stereocenters. The third-order valence-corrected chi connectivity index (χ3v) is 3.68. The number of unbranched alkanes of at least 4 members (excludes halogenated alkanes) is 3. The molecule has 0 amide bonds. The van der Waals surface area contributed by atoms with E-state index in [0.717, 1.165) is 29.5 Å². The van der Waals surface area contributed by atoms with Crippen molar-refractivity contribution in [1.82, 2.24) is 0 Å². The summed E-state index contributed by atoms with van der Waals surface area (Å²) in [5, 5.41) is 9.09. The second-order valence-electron chi connectivity index (χ2n) is 5.79. The van der Waals surface area contributed by atoms with E-state index in [4.69, 9.17) is 5.11 Å². The van der Waals surface area contributed by atoms with Gasteiger partial charge in [-0.2, -0.15) is 0 Å². The topological polar surface area (TPSA) is 49.7 Å². The number of nitrogens with zero attached hydrogens (tertiary/aromatic N) is 1. The van der Waals surface area contributed by atoms with E-state index < -0.39 is 5.97 Å². The van der Waals surface area contributed by atoms with Crippen LogP contribution in [0.5, 0.6) is 0 Å². The lowest BCUT2D eigenvalue weighted by atomic mass is 10.0. The second kappa shape index (κ2) is 10.5. The standard InChI is InChI=1S/C20H27NO2/c1-4-5-6-7-8-19(13-16(2)20(22)23)14-17-9-11-18(12-10-17)15-21-3/h9-14H,3-8,15H2,1-2H3,(H,22,23)/b16-13+,19-14+. The van der Waals surface area contributed by atoms with Crippen LogP contribution in [0.15, 0.2) is 46.5 Å². The van der Waals surface area contributed by atoms with Crippen LogP contribution in [0.25, 0.3) is 6.08 Å². The molecule has 1 aromatic carbocycles. The molecule has 0 fully saturated rings. The fourth-order valence-corrected chi connectivity index (χ4v) is 2.34. The Balaban J connectivity index is 2.89. The summed E-state index contributed by atoms with van der Waals surface area (Å²) in [5.74, 6) is -0.864. The molecular formula is C20H27NO2. The lowest BCUT2D eigenvalue weighted by Gasteiger charge is -2.05. The van der Waals surface area contributed by atoms with Crippen LogP contribution in [0, 0.1) is 0 Å². The summed E-state index contributed by atoms with van der Waals surface area (Å²) < 4.78 is 0. The Kier molecular flexibility index (Phi) is 8.66. The van der Waals surface area contributed by atoms with E-state index in [1.54, 1.807) is 13.0 Å². The van der Waals surface area contributed by atoms with Crippen LogP contribution in [0.2, 0.25) is 0 Å². The van der Waals surface area contributed by atoms with Crippen molar-refractivity contribution in [3.8, 4) is 0 Å². The molecule has 0 saturated carbocycles. The monoisotopic (exact) mass is 313 g/mol. The number of rotatable bonds is 10. The van der Waals surface area contributed by atoms with E-state index in [2.05, 4.69) is 24.7 Å². The zero-order valence-electron chi connectivity index (χ0n) is 14.2. The van der Waals surface area contributed by atoms with Crippen LogP contribution < -0.4 is 0 Å². The van der Waals surface area contributed by atoms with Gasteiger partial charge in [-0.15, -0.1) is 0 Å². The minimum absolute atomic E-state index is 0.374. The van der Waals surface area contributed by atoms with Crippen molar-refractivity contribution in [2.45, 2.75) is 52.5 Å². The molecule has 1 N–H and O–H groups in total. The summed E-state index contributed by atoms with van der Waals surface area (Å²) in [7, 11) is 0. The summed E-state index contributed by atoms with van der Waals surface area (Å²) in [4.78, 5) is 14.9. The zero-order chi connectivity index (χ0) is 17.1. The smallest absolute Gasteiger partial charge is 0.331 e. The Bertz CT molecular complexity index is 568. The first-order valence-corrected chi connectivity index (χ1v) is 8.20. The van der Waals surface area contributed by atoms with Gasteiger partial charge < -0.3 is 5.11 Å². The molecule has 3 heteroatoms. The van der Waals surface area contributed by atoms with Crippen molar-refractivity contribution in [3.63, 3.8) is 0 Å². The number of hydrogen-bond acceptors (Lipinski definition) is 2. The molecule has 0 aliphatic rings. The first-order chi connectivity index (χ1) is 11.1. The molecule has 0 heterocycles. The first-order valence-electron chi connectivity index (χ1n) is 8.20. The zero-order valence-corrected chi connectivity index (χ0v) is 14.2. The van der Waals surface area contributed by atoms with E-state index in [-0.39, 0.29) is 0 Å². The summed E-state index contributed by atoms with van der Waals surface area (Å²) >= 11 is 0. The molecule has 23 heavy (non-hydrogen) atoms. The normalized spacial score (nSPS) is 12.3. The third-order valence-electron chi connectivity index (χ3n) is 3.68. The Labute approximate surface area is 139 Å². The quantitative estimate of drug-likeness (QED) is 0.277. The van der Waals surface area contributed by atoms with Crippen molar-refractivity contribution in [1.29, 1.82) is 0 Å². The molecule has 0 aliphatic heterocycles. The molecule has 0 saturated heterocycles. The second-order valence-corrected chi connectivity index (χ2v) is 5.79. The molecule has 3 nitrogen and oxygen atoms in total. The molecule has 1 aromatic rings. The van der Waals surface area contributed by atoms with Crippen molar-refractivity contribution < 1.29 is 9.90 Å². The summed E-state index contributed by atoms with van der Waals surface area (Å²) in [6, 6.07) is 8.14. The van der Waals surface area contributed by atoms with Crippen molar-refractivity contribution in [3.05, 3.63) is 52.6 Å². The van der Waals surface area contributed by atoms with Crippen LogP contribution in [-0.4, -0.2) is 17.8 Å². The lowest BCUT2D eigenvalue weighted by molar-refractivity contribution is -0.132. The van der Waals surface area contributed by atoms with Gasteiger partial charge in [0.2, 0.25) is 0 Å². The van der Waals surface area contributed by atoms with Crippen molar-refractivity contribution in [2.75, 3.05) is 0 Å². The van der Waals surface area contributed by atoms with Crippen LogP contribution in [-0.2, 0) is 11.3 Å². The number of aliphatic imine (C=N–C) groups is 1. The average molecular weight is 313 g/mol. The van der Waals surface area contributed by atoms with E-state index in [0.29, 0.717) is 12.1 Å². The summed E-state index contributed by atoms with van der Waals surface area (Å²) in [6.45, 7) is 7.94. The van der Waals surface area contributed by atoms with Gasteiger partial charge in [-0.25, -0.2) is 4.79 Å². The molecule has 0 aromatic heterocycles. The molecule has 0 atom stereocenters. The number of carboxylic acids is 1. The molecule has 0 aliphatic carbocycles. The maximum Gasteiger partial charge on any atom is 0.331 e. The van der Waals surface area contributed by atoms with E-state index in [9.17, 15) is 4.79 Å². The van der Waals surface area contributed by atoms with Crippen molar-refractivity contribution in [2.24, 2.45) is 4.99 Å². The van der Waals surface area contributed by atoms with Crippen LogP contribution in [0.1, 0.15) is 57.1 Å². The number of hydrogen-bond donors (Lipinski definition) is 1. The average Bonchev–Trinajstić information content (AvgIpc) is 2.53. The highest BCUT2D eigenvalue weighted by Gasteiger charge is 2.03. The van der Waals surface area contributed by atoms with E-state index in [1.165, 1.54) is 19.3 Å². The van der Waals surface area contributed by atoms with Gasteiger partial charge in [0.25, 0.3) is 0 Å². The number of aliphatic carboxylic acids is 1. The first kappa shape index (κ1) is 18.9. The van der Waals surface area contributed by atoms with Gasteiger partial charge in [-0.1, -0.05) is 56.5 Å². The molecule has 124 valence electrons. The fraction of sp³-hybridized carbons (Fsp3) is 0.400. The van der Waals surface area contributed by atoms with Gasteiger partial charge >= 0.3 is 5.97 Å². The maximum absolute atomic E-state index is 11.1. The van der Waals surface area contributed by atoms with Gasteiger partial charge in [0, 0.05) is 5.57 Å². The van der Waals surface area contributed by atoms with Crippen molar-refractivity contribution >= 4 is 18.8 Å². The predicted molar refractivity (Wildman–Crippen MR) is 97.8 cm³/mol. The minimum Gasteiger partial charge on any atom is -0.478 e. The third kappa shape index (κ3) is 7.59. The number of carboxylic acid groups (broad SMARTS) is 1. The Morgan fingerprint density at radius 1 is 1.22 bits per heavy atom. The predicted octanol–water partition coefficient (Wildman–Crippen LogP) is 5.27. The fourth-order valence-electron chi connectivity index (χ4n) is 2.34. The molecule has 1 rings (SSSR count). The Hall–Kier alpha value is -2.16. The Morgan fingerprint density at radius 2 is 1.91 bits per heavy atom. The molecule has 0 spiro atoms. The maximum atomic E-state index is 11.1. The van der Waals surface area contributed by atoms with E-state index in [1.807, 2.05) is 24.3 Å². The van der Waals surface area contributed by atoms with Gasteiger partial charge in [-0.3, -0.25) is 4.99 Å². The van der Waals surface area contributed by atoms with Gasteiger partial charge in [0.15, 0.2) is 0 Å². The lowest BCUT2D eigenvalue weighted by Crippen LogP contribution is -1.97. The highest BCUT2D eigenvalue weighted by molar-refractivity contribution is 5.86. The molecule has 0 bridgehead atoms. The highest BCUT2D eigenvalue weighted by Crippen LogP contribution is 2.18. The minimum atomic E-state index is -0.864. The Morgan fingerprint density at radius 3 is 2.48 bits per heavy atom. The number of carbonyl (C=O) groups is 1. The SMILES string of the molecule is C=NCc1ccc(/C=C(/C=C(\C)C(=O)O)CCCCCC)cc1. The number of benzene rings is 1.